The van der Waals surface area contributed by atoms with Crippen molar-refractivity contribution >= 4 is 39.5 Å². The van der Waals surface area contributed by atoms with Gasteiger partial charge in [0.05, 0.1) is 18.8 Å². The fourth-order valence-electron chi connectivity index (χ4n) is 4.37. The quantitative estimate of drug-likeness (QED) is 0.628. The van der Waals surface area contributed by atoms with Crippen LogP contribution in [0.4, 0.5) is 10.5 Å². The molecule has 170 valence electrons. The van der Waals surface area contributed by atoms with E-state index in [2.05, 4.69) is 26.7 Å². The van der Waals surface area contributed by atoms with Crippen LogP contribution in [0.25, 0.3) is 0 Å². The van der Waals surface area contributed by atoms with Crippen LogP contribution in [0.5, 0.6) is 0 Å². The normalized spacial score (nSPS) is 23.6. The Kier molecular flexibility index (Phi) is 6.36. The summed E-state index contributed by atoms with van der Waals surface area (Å²) in [6, 6.07) is 7.22. The van der Waals surface area contributed by atoms with Crippen LogP contribution in [0.3, 0.4) is 0 Å². The van der Waals surface area contributed by atoms with Crippen LogP contribution >= 0.6 is 15.9 Å². The van der Waals surface area contributed by atoms with Crippen molar-refractivity contribution in [3.05, 3.63) is 52.4 Å². The average Bonchev–Trinajstić information content (AvgIpc) is 3.38. The summed E-state index contributed by atoms with van der Waals surface area (Å²) in [4.78, 5) is 42.2. The molecule has 0 saturated carbocycles. The van der Waals surface area contributed by atoms with Gasteiger partial charge < -0.3 is 14.6 Å². The highest BCUT2D eigenvalue weighted by Gasteiger charge is 2.55. The molecule has 2 N–H and O–H groups in total. The Morgan fingerprint density at radius 3 is 2.72 bits per heavy atom. The minimum absolute atomic E-state index is 0.0177. The molecule has 2 aliphatic rings. The third-order valence-corrected chi connectivity index (χ3v) is 6.78. The number of imide groups is 1. The lowest BCUT2D eigenvalue weighted by Crippen LogP contribution is -2.67. The molecule has 2 aliphatic heterocycles. The van der Waals surface area contributed by atoms with E-state index < -0.39 is 18.1 Å². The summed E-state index contributed by atoms with van der Waals surface area (Å²) >= 11 is 3.45. The molecule has 4 amide bonds. The lowest BCUT2D eigenvalue weighted by atomic mass is 9.97. The van der Waals surface area contributed by atoms with Gasteiger partial charge in [-0.25, -0.2) is 15.2 Å². The number of amides is 4. The van der Waals surface area contributed by atoms with E-state index in [0.717, 1.165) is 10.0 Å². The Balaban J connectivity index is 1.59. The first-order valence-corrected chi connectivity index (χ1v) is 11.3. The van der Waals surface area contributed by atoms with Gasteiger partial charge in [-0.1, -0.05) is 22.9 Å². The number of rotatable bonds is 6. The van der Waals surface area contributed by atoms with Crippen LogP contribution in [0.2, 0.25) is 0 Å². The van der Waals surface area contributed by atoms with E-state index in [4.69, 9.17) is 4.42 Å². The first-order chi connectivity index (χ1) is 15.3. The minimum Gasteiger partial charge on any atom is -0.467 e. The summed E-state index contributed by atoms with van der Waals surface area (Å²) in [5, 5.41) is 4.70. The molecule has 0 bridgehead atoms. The fraction of sp³-hybridized carbons (Fsp3) is 0.409. The largest absolute Gasteiger partial charge is 0.467 e. The fourth-order valence-corrected chi connectivity index (χ4v) is 4.62. The van der Waals surface area contributed by atoms with Crippen molar-refractivity contribution in [2.75, 3.05) is 18.4 Å². The van der Waals surface area contributed by atoms with Gasteiger partial charge in [0.2, 0.25) is 5.91 Å². The molecule has 0 aliphatic carbocycles. The molecular weight excluding hydrogens is 478 g/mol. The van der Waals surface area contributed by atoms with Gasteiger partial charge in [0.15, 0.2) is 0 Å². The number of nitrogens with one attached hydrogen (secondary N) is 2. The second kappa shape index (κ2) is 9.05. The zero-order valence-corrected chi connectivity index (χ0v) is 19.8. The number of furan rings is 1. The van der Waals surface area contributed by atoms with E-state index in [-0.39, 0.29) is 30.9 Å². The second-order valence-corrected chi connectivity index (χ2v) is 8.92. The Morgan fingerprint density at radius 1 is 1.28 bits per heavy atom. The first-order valence-electron chi connectivity index (χ1n) is 10.5. The number of carbonyl (C=O) groups is 3. The van der Waals surface area contributed by atoms with E-state index in [1.165, 1.54) is 16.1 Å². The molecule has 2 fully saturated rings. The summed E-state index contributed by atoms with van der Waals surface area (Å²) in [5.74, 6) is -0.120. The number of benzene rings is 1. The Bertz CT molecular complexity index is 1030. The molecule has 4 rings (SSSR count). The topological polar surface area (TPSA) is 98.1 Å². The number of likely N-dealkylation sites (N-methyl/N-ethyl adjacent to an activating group) is 1. The molecule has 0 spiro atoms. The van der Waals surface area contributed by atoms with Crippen molar-refractivity contribution in [2.45, 2.75) is 45.4 Å². The van der Waals surface area contributed by atoms with Crippen LogP contribution in [0.15, 0.2) is 45.5 Å². The van der Waals surface area contributed by atoms with Gasteiger partial charge in [-0.2, -0.15) is 0 Å². The number of urea groups is 1. The minimum atomic E-state index is -0.578. The number of fused-ring (bicyclic) bond motifs is 1. The molecule has 2 saturated heterocycles. The zero-order chi connectivity index (χ0) is 23.0. The lowest BCUT2D eigenvalue weighted by Gasteiger charge is -2.43. The zero-order valence-electron chi connectivity index (χ0n) is 18.2. The van der Waals surface area contributed by atoms with Crippen molar-refractivity contribution in [2.24, 2.45) is 0 Å². The highest BCUT2D eigenvalue weighted by atomic mass is 79.9. The van der Waals surface area contributed by atoms with Crippen LogP contribution in [0, 0.1) is 6.92 Å². The van der Waals surface area contributed by atoms with Crippen molar-refractivity contribution in [3.8, 4) is 0 Å². The van der Waals surface area contributed by atoms with Gasteiger partial charge in [-0.3, -0.25) is 14.5 Å². The molecule has 10 heteroatoms. The maximum Gasteiger partial charge on any atom is 0.328 e. The van der Waals surface area contributed by atoms with Crippen molar-refractivity contribution in [1.82, 2.24) is 20.2 Å². The number of halogens is 1. The van der Waals surface area contributed by atoms with Crippen LogP contribution < -0.4 is 10.7 Å². The molecule has 3 atom stereocenters. The Hall–Kier alpha value is -2.69. The third kappa shape index (κ3) is 4.17. The summed E-state index contributed by atoms with van der Waals surface area (Å²) < 4.78 is 6.30. The SMILES string of the molecule is CCN1NC(C)C2C1C(=O)N(Cc1ccco1)C(=O)N2CC(=O)Nc1ccc(Br)c(C)c1. The van der Waals surface area contributed by atoms with E-state index in [1.807, 2.05) is 37.9 Å². The molecule has 0 radical (unpaired) electrons. The third-order valence-electron chi connectivity index (χ3n) is 5.89. The Morgan fingerprint density at radius 2 is 2.06 bits per heavy atom. The number of hydrogen-bond acceptors (Lipinski definition) is 6. The molecule has 3 unspecified atom stereocenters. The number of aryl methyl sites for hydroxylation is 1. The first kappa shape index (κ1) is 22.5. The molecule has 32 heavy (non-hydrogen) atoms. The molecule has 2 aromatic rings. The summed E-state index contributed by atoms with van der Waals surface area (Å²) in [6.07, 6.45) is 1.50. The molecule has 9 nitrogen and oxygen atoms in total. The van der Waals surface area contributed by atoms with Crippen molar-refractivity contribution in [1.29, 1.82) is 0 Å². The monoisotopic (exact) mass is 503 g/mol. The lowest BCUT2D eigenvalue weighted by molar-refractivity contribution is -0.140. The second-order valence-electron chi connectivity index (χ2n) is 8.07. The van der Waals surface area contributed by atoms with Gasteiger partial charge in [-0.15, -0.1) is 0 Å². The predicted molar refractivity (Wildman–Crippen MR) is 121 cm³/mol. The van der Waals surface area contributed by atoms with E-state index in [0.29, 0.717) is 18.0 Å². The number of anilines is 1. The van der Waals surface area contributed by atoms with Gasteiger partial charge in [-0.05, 0) is 49.7 Å². The Labute approximate surface area is 194 Å². The summed E-state index contributed by atoms with van der Waals surface area (Å²) in [6.45, 7) is 6.22. The van der Waals surface area contributed by atoms with E-state index in [1.54, 1.807) is 18.2 Å². The highest BCUT2D eigenvalue weighted by Crippen LogP contribution is 2.30. The van der Waals surface area contributed by atoms with E-state index >= 15 is 0 Å². The van der Waals surface area contributed by atoms with Crippen LogP contribution in [0.1, 0.15) is 25.2 Å². The van der Waals surface area contributed by atoms with Crippen molar-refractivity contribution in [3.63, 3.8) is 0 Å². The number of hydrazine groups is 1. The molecule has 3 heterocycles. The number of hydrogen-bond donors (Lipinski definition) is 2. The molecule has 1 aromatic heterocycles. The molecular formula is C22H26BrN5O4. The van der Waals surface area contributed by atoms with Gasteiger partial charge in [0.25, 0.3) is 5.91 Å². The van der Waals surface area contributed by atoms with Crippen LogP contribution in [-0.4, -0.2) is 63.9 Å². The molecule has 1 aromatic carbocycles. The number of carbonyl (C=O) groups excluding carboxylic acids is 3. The maximum absolute atomic E-state index is 13.4. The highest BCUT2D eigenvalue weighted by molar-refractivity contribution is 9.10. The summed E-state index contributed by atoms with van der Waals surface area (Å²) in [7, 11) is 0. The smallest absolute Gasteiger partial charge is 0.328 e. The van der Waals surface area contributed by atoms with Crippen molar-refractivity contribution < 1.29 is 18.8 Å². The maximum atomic E-state index is 13.4. The van der Waals surface area contributed by atoms with Gasteiger partial charge in [0.1, 0.15) is 18.3 Å². The summed E-state index contributed by atoms with van der Waals surface area (Å²) in [5.41, 5.74) is 4.91. The van der Waals surface area contributed by atoms with E-state index in [9.17, 15) is 14.4 Å². The standard InChI is InChI=1S/C22H26BrN5O4/c1-4-28-20-19(14(3)25-28)26(12-18(29)24-15-7-8-17(23)13(2)10-15)22(31)27(21(20)30)11-16-6-5-9-32-16/h5-10,14,19-20,25H,4,11-12H2,1-3H3,(H,24,29). The van der Waals surface area contributed by atoms with Gasteiger partial charge in [0, 0.05) is 22.7 Å². The van der Waals surface area contributed by atoms with Crippen LogP contribution in [-0.2, 0) is 16.1 Å². The predicted octanol–water partition coefficient (Wildman–Crippen LogP) is 2.72. The average molecular weight is 504 g/mol. The number of nitrogens with zero attached hydrogens (tertiary/aromatic N) is 3. The van der Waals surface area contributed by atoms with Gasteiger partial charge >= 0.3 is 6.03 Å².